The first-order valence-corrected chi connectivity index (χ1v) is 3.93. The van der Waals surface area contributed by atoms with E-state index in [2.05, 4.69) is 14.9 Å². The highest BCUT2D eigenvalue weighted by Gasteiger charge is 2.25. The molecule has 0 unspecified atom stereocenters. The third kappa shape index (κ3) is 3.29. The van der Waals surface area contributed by atoms with E-state index >= 15 is 0 Å². The molecule has 1 N–H and O–H groups in total. The van der Waals surface area contributed by atoms with E-state index < -0.39 is 12.2 Å². The van der Waals surface area contributed by atoms with Crippen LogP contribution in [0.4, 0.5) is 9.59 Å². The Bertz CT molecular complexity index is 215. The van der Waals surface area contributed by atoms with Crippen LogP contribution in [0.25, 0.3) is 0 Å². The lowest BCUT2D eigenvalue weighted by molar-refractivity contribution is -0.0830. The van der Waals surface area contributed by atoms with Crippen LogP contribution in [-0.2, 0) is 9.57 Å². The Kier molecular flexibility index (Phi) is 3.07. The van der Waals surface area contributed by atoms with Gasteiger partial charge in [-0.05, 0) is 12.8 Å². The second-order valence-corrected chi connectivity index (χ2v) is 2.75. The van der Waals surface area contributed by atoms with E-state index in [4.69, 9.17) is 0 Å². The van der Waals surface area contributed by atoms with Gasteiger partial charge < -0.3 is 10.1 Å². The number of alkyl carbamates (subject to hydrolysis) is 1. The SMILES string of the molecule is CON(C)C(=O)OC(=O)NC1CC1. The molecule has 1 saturated carbocycles. The minimum atomic E-state index is -0.833. The Balaban J connectivity index is 2.21. The summed E-state index contributed by atoms with van der Waals surface area (Å²) in [5.41, 5.74) is 0. The van der Waals surface area contributed by atoms with Gasteiger partial charge >= 0.3 is 12.2 Å². The Morgan fingerprint density at radius 2 is 2.08 bits per heavy atom. The molecule has 74 valence electrons. The first-order chi connectivity index (χ1) is 6.13. The summed E-state index contributed by atoms with van der Waals surface area (Å²) in [5.74, 6) is 0. The number of ether oxygens (including phenoxy) is 1. The standard InChI is InChI=1S/C7H12N2O4/c1-9(12-2)7(11)13-6(10)8-5-3-4-5/h5H,3-4H2,1-2H3,(H,8,10). The van der Waals surface area contributed by atoms with Crippen LogP contribution < -0.4 is 5.32 Å². The molecule has 1 aliphatic rings. The molecule has 6 heteroatoms. The zero-order valence-electron chi connectivity index (χ0n) is 7.57. The van der Waals surface area contributed by atoms with Crippen molar-refractivity contribution in [2.75, 3.05) is 14.2 Å². The molecule has 6 nitrogen and oxygen atoms in total. The second kappa shape index (κ2) is 4.08. The molecule has 13 heavy (non-hydrogen) atoms. The number of hydrogen-bond donors (Lipinski definition) is 1. The van der Waals surface area contributed by atoms with E-state index in [1.807, 2.05) is 0 Å². The first kappa shape index (κ1) is 9.79. The number of hydrogen-bond acceptors (Lipinski definition) is 4. The van der Waals surface area contributed by atoms with Gasteiger partial charge in [0.1, 0.15) is 0 Å². The fraction of sp³-hybridized carbons (Fsp3) is 0.714. The number of nitrogens with one attached hydrogen (secondary N) is 1. The quantitative estimate of drug-likeness (QED) is 0.505. The third-order valence-corrected chi connectivity index (χ3v) is 1.61. The molecule has 0 spiro atoms. The molecule has 1 fully saturated rings. The van der Waals surface area contributed by atoms with Crippen molar-refractivity contribution < 1.29 is 19.2 Å². The van der Waals surface area contributed by atoms with E-state index in [1.54, 1.807) is 0 Å². The molecule has 2 amide bonds. The maximum Gasteiger partial charge on any atom is 0.442 e. The first-order valence-electron chi connectivity index (χ1n) is 3.93. The molecule has 0 aromatic carbocycles. The summed E-state index contributed by atoms with van der Waals surface area (Å²) >= 11 is 0. The van der Waals surface area contributed by atoms with Crippen LogP contribution in [0.15, 0.2) is 0 Å². The molecule has 0 aromatic heterocycles. The maximum absolute atomic E-state index is 10.9. The van der Waals surface area contributed by atoms with Crippen LogP contribution in [0.5, 0.6) is 0 Å². The predicted octanol–water partition coefficient (Wildman–Crippen LogP) is 0.488. The Labute approximate surface area is 75.7 Å². The molecule has 0 radical (unpaired) electrons. The van der Waals surface area contributed by atoms with Gasteiger partial charge in [-0.15, -0.1) is 0 Å². The maximum atomic E-state index is 10.9. The predicted molar refractivity (Wildman–Crippen MR) is 42.8 cm³/mol. The van der Waals surface area contributed by atoms with Crippen molar-refractivity contribution in [3.63, 3.8) is 0 Å². The van der Waals surface area contributed by atoms with Crippen molar-refractivity contribution in [1.29, 1.82) is 0 Å². The number of carbonyl (C=O) groups excluding carboxylic acids is 2. The summed E-state index contributed by atoms with van der Waals surface area (Å²) in [5, 5.41) is 3.33. The fourth-order valence-corrected chi connectivity index (χ4v) is 0.642. The molecule has 0 saturated heterocycles. The fourth-order valence-electron chi connectivity index (χ4n) is 0.642. The lowest BCUT2D eigenvalue weighted by Crippen LogP contribution is -2.34. The van der Waals surface area contributed by atoms with Gasteiger partial charge in [0, 0.05) is 13.1 Å². The molecule has 1 aliphatic carbocycles. The highest BCUT2D eigenvalue weighted by atomic mass is 16.7. The van der Waals surface area contributed by atoms with Gasteiger partial charge in [-0.2, -0.15) is 5.06 Å². The number of amides is 2. The summed E-state index contributed by atoms with van der Waals surface area (Å²) in [6.07, 6.45) is 0.337. The minimum Gasteiger partial charge on any atom is -0.358 e. The van der Waals surface area contributed by atoms with E-state index in [0.29, 0.717) is 0 Å². The van der Waals surface area contributed by atoms with Crippen molar-refractivity contribution in [2.45, 2.75) is 18.9 Å². The molecule has 1 rings (SSSR count). The Morgan fingerprint density at radius 1 is 1.46 bits per heavy atom. The van der Waals surface area contributed by atoms with Crippen molar-refractivity contribution >= 4 is 12.2 Å². The zero-order valence-corrected chi connectivity index (χ0v) is 7.57. The van der Waals surface area contributed by atoms with Crippen LogP contribution in [0.1, 0.15) is 12.8 Å². The van der Waals surface area contributed by atoms with Gasteiger partial charge in [-0.25, -0.2) is 9.59 Å². The number of nitrogens with zero attached hydrogens (tertiary/aromatic N) is 1. The number of hydroxylamine groups is 2. The molecule has 0 aromatic rings. The zero-order chi connectivity index (χ0) is 9.84. The molecular formula is C7H12N2O4. The van der Waals surface area contributed by atoms with Gasteiger partial charge in [0.15, 0.2) is 0 Å². The average Bonchev–Trinajstić information content (AvgIpc) is 2.86. The second-order valence-electron chi connectivity index (χ2n) is 2.75. The van der Waals surface area contributed by atoms with Crippen molar-refractivity contribution in [1.82, 2.24) is 10.4 Å². The summed E-state index contributed by atoms with van der Waals surface area (Å²) in [4.78, 5) is 26.3. The molecule has 0 heterocycles. The van der Waals surface area contributed by atoms with Gasteiger partial charge in [0.05, 0.1) is 7.11 Å². The monoisotopic (exact) mass is 188 g/mol. The van der Waals surface area contributed by atoms with Crippen LogP contribution in [0, 0.1) is 0 Å². The van der Waals surface area contributed by atoms with E-state index in [1.165, 1.54) is 14.2 Å². The third-order valence-electron chi connectivity index (χ3n) is 1.61. The molecular weight excluding hydrogens is 176 g/mol. The van der Waals surface area contributed by atoms with Crippen LogP contribution in [0.3, 0.4) is 0 Å². The summed E-state index contributed by atoms with van der Waals surface area (Å²) in [6.45, 7) is 0. The Morgan fingerprint density at radius 3 is 2.54 bits per heavy atom. The van der Waals surface area contributed by atoms with Crippen molar-refractivity contribution in [2.24, 2.45) is 0 Å². The van der Waals surface area contributed by atoms with Gasteiger partial charge in [-0.1, -0.05) is 0 Å². The van der Waals surface area contributed by atoms with E-state index in [0.717, 1.165) is 17.9 Å². The van der Waals surface area contributed by atoms with Crippen molar-refractivity contribution in [3.8, 4) is 0 Å². The lowest BCUT2D eigenvalue weighted by Gasteiger charge is -2.12. The largest absolute Gasteiger partial charge is 0.442 e. The number of rotatable bonds is 2. The van der Waals surface area contributed by atoms with Crippen LogP contribution >= 0.6 is 0 Å². The van der Waals surface area contributed by atoms with Crippen molar-refractivity contribution in [3.05, 3.63) is 0 Å². The van der Waals surface area contributed by atoms with Gasteiger partial charge in [0.2, 0.25) is 0 Å². The summed E-state index contributed by atoms with van der Waals surface area (Å²) < 4.78 is 4.37. The smallest absolute Gasteiger partial charge is 0.358 e. The normalized spacial score (nSPS) is 14.9. The minimum absolute atomic E-state index is 0.174. The van der Waals surface area contributed by atoms with Gasteiger partial charge in [0.25, 0.3) is 0 Å². The molecule has 0 bridgehead atoms. The van der Waals surface area contributed by atoms with Gasteiger partial charge in [-0.3, -0.25) is 4.84 Å². The topological polar surface area (TPSA) is 67.9 Å². The lowest BCUT2D eigenvalue weighted by atomic mass is 10.7. The van der Waals surface area contributed by atoms with Crippen LogP contribution in [-0.4, -0.2) is 37.4 Å². The van der Waals surface area contributed by atoms with E-state index in [9.17, 15) is 9.59 Å². The number of carbonyl (C=O) groups is 2. The molecule has 0 atom stereocenters. The Hall–Kier alpha value is -1.30. The highest BCUT2D eigenvalue weighted by molar-refractivity contribution is 5.83. The average molecular weight is 188 g/mol. The van der Waals surface area contributed by atoms with Crippen LogP contribution in [0.2, 0.25) is 0 Å². The summed E-state index contributed by atoms with van der Waals surface area (Å²) in [7, 11) is 2.66. The molecule has 0 aliphatic heterocycles. The highest BCUT2D eigenvalue weighted by Crippen LogP contribution is 2.18. The van der Waals surface area contributed by atoms with E-state index in [-0.39, 0.29) is 6.04 Å². The summed E-state index contributed by atoms with van der Waals surface area (Å²) in [6, 6.07) is 0.174.